The Morgan fingerprint density at radius 2 is 2.00 bits per heavy atom. The molecule has 1 aliphatic heterocycles. The molecule has 1 aliphatic rings. The number of hydrogen-bond acceptors (Lipinski definition) is 5. The van der Waals surface area contributed by atoms with Crippen LogP contribution in [0.4, 0.5) is 18.9 Å². The van der Waals surface area contributed by atoms with Crippen molar-refractivity contribution >= 4 is 29.4 Å². The third kappa shape index (κ3) is 3.81. The van der Waals surface area contributed by atoms with Gasteiger partial charge in [-0.2, -0.15) is 23.3 Å². The van der Waals surface area contributed by atoms with Crippen LogP contribution in [-0.2, 0) is 4.79 Å². The first-order chi connectivity index (χ1) is 12.8. The number of alkyl halides is 3. The molecule has 138 valence electrons. The minimum absolute atomic E-state index is 0.123. The first-order valence-electron chi connectivity index (χ1n) is 7.51. The molecule has 0 fully saturated rings. The number of nitrogens with zero attached hydrogens (tertiary/aromatic N) is 2. The van der Waals surface area contributed by atoms with E-state index in [2.05, 4.69) is 5.10 Å². The third-order valence-electron chi connectivity index (χ3n) is 3.54. The van der Waals surface area contributed by atoms with Gasteiger partial charge in [0.05, 0.1) is 23.5 Å². The molecule has 0 radical (unpaired) electrons. The maximum absolute atomic E-state index is 13.3. The number of amides is 1. The molecule has 0 aliphatic carbocycles. The summed E-state index contributed by atoms with van der Waals surface area (Å²) in [6.45, 7) is 0. The molecule has 1 aromatic carbocycles. The van der Waals surface area contributed by atoms with Gasteiger partial charge >= 0.3 is 6.18 Å². The average molecular weight is 375 g/mol. The number of carboxylic acids is 1. The number of carbonyl (C=O) groups excluding carboxylic acids is 2. The Hall–Kier alpha value is -3.62. The first-order valence-corrected chi connectivity index (χ1v) is 7.51. The van der Waals surface area contributed by atoms with Crippen LogP contribution >= 0.6 is 0 Å². The molecule has 0 unspecified atom stereocenters. The molecular weight excluding hydrogens is 365 g/mol. The largest absolute Gasteiger partial charge is 0.545 e. The second kappa shape index (κ2) is 6.94. The number of allylic oxidation sites excluding steroid dienone is 2. The van der Waals surface area contributed by atoms with Gasteiger partial charge in [0.1, 0.15) is 5.76 Å². The molecule has 3 rings (SSSR count). The number of halogens is 3. The smallest absolute Gasteiger partial charge is 0.435 e. The van der Waals surface area contributed by atoms with Crippen LogP contribution in [0.15, 0.2) is 69.9 Å². The van der Waals surface area contributed by atoms with Crippen LogP contribution in [0, 0.1) is 0 Å². The zero-order chi connectivity index (χ0) is 19.6. The minimum Gasteiger partial charge on any atom is -0.545 e. The predicted octanol–water partition coefficient (Wildman–Crippen LogP) is 2.55. The molecule has 2 heterocycles. The van der Waals surface area contributed by atoms with Gasteiger partial charge in [-0.25, -0.2) is 0 Å². The maximum Gasteiger partial charge on any atom is 0.435 e. The lowest BCUT2D eigenvalue weighted by Crippen LogP contribution is -2.26. The zero-order valence-electron chi connectivity index (χ0n) is 13.4. The van der Waals surface area contributed by atoms with Gasteiger partial charge in [0.2, 0.25) is 0 Å². The van der Waals surface area contributed by atoms with Gasteiger partial charge in [-0.15, -0.1) is 0 Å². The summed E-state index contributed by atoms with van der Waals surface area (Å²) in [5.74, 6) is -2.18. The second-order valence-corrected chi connectivity index (χ2v) is 5.36. The summed E-state index contributed by atoms with van der Waals surface area (Å²) in [6, 6.07) is 7.92. The minimum atomic E-state index is -4.87. The van der Waals surface area contributed by atoms with Crippen LogP contribution in [0.5, 0.6) is 0 Å². The summed E-state index contributed by atoms with van der Waals surface area (Å²) in [7, 11) is 0. The van der Waals surface area contributed by atoms with E-state index in [1.165, 1.54) is 36.6 Å². The molecule has 0 spiro atoms. The molecule has 1 amide bonds. The van der Waals surface area contributed by atoms with Gasteiger partial charge in [-0.3, -0.25) is 4.79 Å². The van der Waals surface area contributed by atoms with E-state index in [9.17, 15) is 27.9 Å². The molecule has 0 N–H and O–H groups in total. The van der Waals surface area contributed by atoms with Crippen molar-refractivity contribution in [3.8, 4) is 0 Å². The number of furan rings is 1. The highest BCUT2D eigenvalue weighted by molar-refractivity contribution is 6.32. The van der Waals surface area contributed by atoms with Crippen molar-refractivity contribution in [1.82, 2.24) is 0 Å². The summed E-state index contributed by atoms with van der Waals surface area (Å²) in [4.78, 5) is 23.4. The van der Waals surface area contributed by atoms with Crippen molar-refractivity contribution in [2.45, 2.75) is 6.18 Å². The Morgan fingerprint density at radius 1 is 1.22 bits per heavy atom. The summed E-state index contributed by atoms with van der Waals surface area (Å²) >= 11 is 0. The predicted molar refractivity (Wildman–Crippen MR) is 87.6 cm³/mol. The van der Waals surface area contributed by atoms with E-state index in [1.807, 2.05) is 0 Å². The molecule has 9 heteroatoms. The molecule has 6 nitrogen and oxygen atoms in total. The Balaban J connectivity index is 1.98. The van der Waals surface area contributed by atoms with E-state index in [1.54, 1.807) is 12.1 Å². The van der Waals surface area contributed by atoms with E-state index >= 15 is 0 Å². The van der Waals surface area contributed by atoms with Gasteiger partial charge in [0, 0.05) is 0 Å². The normalized spacial score (nSPS) is 16.4. The highest BCUT2D eigenvalue weighted by atomic mass is 19.4. The van der Waals surface area contributed by atoms with Crippen LogP contribution < -0.4 is 10.1 Å². The lowest BCUT2D eigenvalue weighted by atomic mass is 10.1. The molecule has 1 aromatic heterocycles. The number of aromatic carboxylic acids is 1. The number of anilines is 1. The monoisotopic (exact) mass is 375 g/mol. The van der Waals surface area contributed by atoms with E-state index < -0.39 is 29.3 Å². The van der Waals surface area contributed by atoms with Gasteiger partial charge in [-0.05, 0) is 42.0 Å². The van der Waals surface area contributed by atoms with Crippen molar-refractivity contribution in [2.75, 3.05) is 5.01 Å². The number of carboxylic acid groups (broad SMARTS) is 1. The number of hydrogen-bond donors (Lipinski definition) is 0. The van der Waals surface area contributed by atoms with Crippen LogP contribution in [-0.4, -0.2) is 23.8 Å². The van der Waals surface area contributed by atoms with Crippen molar-refractivity contribution in [1.29, 1.82) is 0 Å². The van der Waals surface area contributed by atoms with Crippen LogP contribution in [0.25, 0.3) is 6.08 Å². The highest BCUT2D eigenvalue weighted by Crippen LogP contribution is 2.32. The fraction of sp³-hybridized carbons (Fsp3) is 0.0556. The first kappa shape index (κ1) is 18.2. The molecule has 0 bridgehead atoms. The van der Waals surface area contributed by atoms with Gasteiger partial charge in [0.25, 0.3) is 5.91 Å². The van der Waals surface area contributed by atoms with Crippen molar-refractivity contribution in [3.63, 3.8) is 0 Å². The van der Waals surface area contributed by atoms with E-state index in [-0.39, 0.29) is 11.3 Å². The lowest BCUT2D eigenvalue weighted by molar-refractivity contribution is -0.255. The zero-order valence-corrected chi connectivity index (χ0v) is 13.4. The van der Waals surface area contributed by atoms with Crippen molar-refractivity contribution in [2.24, 2.45) is 5.10 Å². The average Bonchev–Trinajstić information content (AvgIpc) is 3.23. The Kier molecular flexibility index (Phi) is 4.68. The standard InChI is InChI=1S/C18H11F3N2O4/c19-18(20,21)15-14(8-2-6-13-7-3-9-27-13)16(24)23(22-15)12-5-1-4-11(10-12)17(25)26/h1-10H,(H,25,26)/p-1/b6-2+,14-8-. The van der Waals surface area contributed by atoms with Crippen LogP contribution in [0.1, 0.15) is 16.1 Å². The topological polar surface area (TPSA) is 85.9 Å². The molecule has 0 saturated heterocycles. The van der Waals surface area contributed by atoms with Crippen molar-refractivity contribution in [3.05, 3.63) is 71.7 Å². The third-order valence-corrected chi connectivity index (χ3v) is 3.54. The van der Waals surface area contributed by atoms with E-state index in [0.717, 1.165) is 12.1 Å². The summed E-state index contributed by atoms with van der Waals surface area (Å²) in [5.41, 5.74) is -2.47. The molecular formula is C18H10F3N2O4-. The molecule has 0 saturated carbocycles. The summed E-state index contributed by atoms with van der Waals surface area (Å²) < 4.78 is 44.9. The van der Waals surface area contributed by atoms with Gasteiger partial charge in [-0.1, -0.05) is 18.2 Å². The SMILES string of the molecule is O=C([O-])c1cccc(N2N=C(C(F)(F)F)/C(=C/C=C/c3ccco3)C2=O)c1. The van der Waals surface area contributed by atoms with E-state index in [4.69, 9.17) is 4.42 Å². The highest BCUT2D eigenvalue weighted by Gasteiger charge is 2.46. The number of hydrazone groups is 1. The Bertz CT molecular complexity index is 973. The summed E-state index contributed by atoms with van der Waals surface area (Å²) in [5, 5.41) is 14.8. The fourth-order valence-corrected chi connectivity index (χ4v) is 2.34. The second-order valence-electron chi connectivity index (χ2n) is 5.36. The van der Waals surface area contributed by atoms with Gasteiger partial charge in [0.15, 0.2) is 5.71 Å². The van der Waals surface area contributed by atoms with Crippen molar-refractivity contribution < 1.29 is 32.3 Å². The molecule has 27 heavy (non-hydrogen) atoms. The Labute approximate surface area is 150 Å². The lowest BCUT2D eigenvalue weighted by Gasteiger charge is -2.13. The number of carbonyl (C=O) groups is 2. The van der Waals surface area contributed by atoms with Crippen LogP contribution in [0.3, 0.4) is 0 Å². The summed E-state index contributed by atoms with van der Waals surface area (Å²) in [6.07, 6.45) is 0.102. The van der Waals surface area contributed by atoms with Gasteiger partial charge < -0.3 is 14.3 Å². The van der Waals surface area contributed by atoms with E-state index in [0.29, 0.717) is 10.8 Å². The fourth-order valence-electron chi connectivity index (χ4n) is 2.34. The number of benzene rings is 1. The molecule has 0 atom stereocenters. The number of rotatable bonds is 4. The van der Waals surface area contributed by atoms with Crippen LogP contribution in [0.2, 0.25) is 0 Å². The molecule has 2 aromatic rings. The Morgan fingerprint density at radius 3 is 2.63 bits per heavy atom. The quantitative estimate of drug-likeness (QED) is 0.769. The maximum atomic E-state index is 13.3.